The van der Waals surface area contributed by atoms with Crippen LogP contribution in [-0.2, 0) is 0 Å². The van der Waals surface area contributed by atoms with E-state index in [2.05, 4.69) is 22.6 Å². The van der Waals surface area contributed by atoms with Gasteiger partial charge in [-0.05, 0) is 50.2 Å². The van der Waals surface area contributed by atoms with Gasteiger partial charge in [-0.15, -0.1) is 0 Å². The topological polar surface area (TPSA) is 9.23 Å². The molecular formula is C14H17F2IO. The zero-order valence-corrected chi connectivity index (χ0v) is 12.5. The minimum absolute atomic E-state index is 0.0368. The molecule has 2 rings (SSSR count). The molecule has 4 heteroatoms. The van der Waals surface area contributed by atoms with Crippen molar-refractivity contribution in [3.05, 3.63) is 29.3 Å². The van der Waals surface area contributed by atoms with Crippen LogP contribution in [0.2, 0.25) is 0 Å². The van der Waals surface area contributed by atoms with Crippen molar-refractivity contribution >= 4 is 22.6 Å². The SMILES string of the molecule is Cc1ccc(OCC2CCC(I)CC2)c(F)c1F. The highest BCUT2D eigenvalue weighted by Gasteiger charge is 2.20. The largest absolute Gasteiger partial charge is 0.490 e. The van der Waals surface area contributed by atoms with Crippen LogP contribution in [0.1, 0.15) is 31.2 Å². The molecule has 0 heterocycles. The maximum atomic E-state index is 13.6. The highest BCUT2D eigenvalue weighted by atomic mass is 127. The molecule has 0 atom stereocenters. The van der Waals surface area contributed by atoms with Gasteiger partial charge in [-0.3, -0.25) is 0 Å². The lowest BCUT2D eigenvalue weighted by Gasteiger charge is -2.25. The van der Waals surface area contributed by atoms with Crippen molar-refractivity contribution in [1.82, 2.24) is 0 Å². The van der Waals surface area contributed by atoms with E-state index >= 15 is 0 Å². The number of hydrogen-bond acceptors (Lipinski definition) is 1. The second-order valence-corrected chi connectivity index (χ2v) is 6.70. The molecule has 100 valence electrons. The Balaban J connectivity index is 1.92. The lowest BCUT2D eigenvalue weighted by molar-refractivity contribution is 0.203. The monoisotopic (exact) mass is 366 g/mol. The molecule has 0 aromatic heterocycles. The Morgan fingerprint density at radius 2 is 1.83 bits per heavy atom. The van der Waals surface area contributed by atoms with E-state index in [9.17, 15) is 8.78 Å². The molecular weight excluding hydrogens is 349 g/mol. The lowest BCUT2D eigenvalue weighted by atomic mass is 9.90. The van der Waals surface area contributed by atoms with Crippen LogP contribution in [0.4, 0.5) is 8.78 Å². The fourth-order valence-electron chi connectivity index (χ4n) is 2.24. The highest BCUT2D eigenvalue weighted by Crippen LogP contribution is 2.30. The van der Waals surface area contributed by atoms with Crippen molar-refractivity contribution in [2.75, 3.05) is 6.61 Å². The lowest BCUT2D eigenvalue weighted by Crippen LogP contribution is -2.20. The predicted molar refractivity (Wildman–Crippen MR) is 76.4 cm³/mol. The maximum Gasteiger partial charge on any atom is 0.200 e. The summed E-state index contributed by atoms with van der Waals surface area (Å²) in [6.07, 6.45) is 4.62. The first-order chi connectivity index (χ1) is 8.58. The molecule has 1 saturated carbocycles. The van der Waals surface area contributed by atoms with E-state index in [0.717, 1.165) is 16.8 Å². The van der Waals surface area contributed by atoms with Gasteiger partial charge in [0, 0.05) is 3.92 Å². The van der Waals surface area contributed by atoms with E-state index in [4.69, 9.17) is 4.74 Å². The van der Waals surface area contributed by atoms with E-state index in [1.54, 1.807) is 13.0 Å². The quantitative estimate of drug-likeness (QED) is 0.559. The van der Waals surface area contributed by atoms with Crippen molar-refractivity contribution < 1.29 is 13.5 Å². The third kappa shape index (κ3) is 3.33. The average Bonchev–Trinajstić information content (AvgIpc) is 2.37. The summed E-state index contributed by atoms with van der Waals surface area (Å²) in [7, 11) is 0. The van der Waals surface area contributed by atoms with Crippen molar-refractivity contribution in [2.45, 2.75) is 36.5 Å². The van der Waals surface area contributed by atoms with Crippen LogP contribution in [0.5, 0.6) is 5.75 Å². The molecule has 0 aliphatic heterocycles. The fourth-order valence-corrected chi connectivity index (χ4v) is 2.95. The Bertz CT molecular complexity index is 415. The van der Waals surface area contributed by atoms with Gasteiger partial charge in [-0.2, -0.15) is 4.39 Å². The van der Waals surface area contributed by atoms with Crippen LogP contribution in [0, 0.1) is 24.5 Å². The van der Waals surface area contributed by atoms with Crippen molar-refractivity contribution in [3.8, 4) is 5.75 Å². The molecule has 1 aliphatic carbocycles. The van der Waals surface area contributed by atoms with Gasteiger partial charge >= 0.3 is 0 Å². The third-order valence-electron chi connectivity index (χ3n) is 3.49. The van der Waals surface area contributed by atoms with E-state index < -0.39 is 11.6 Å². The molecule has 0 unspecified atom stereocenters. The van der Waals surface area contributed by atoms with Gasteiger partial charge in [0.2, 0.25) is 5.82 Å². The molecule has 1 aromatic carbocycles. The van der Waals surface area contributed by atoms with Gasteiger partial charge in [-0.25, -0.2) is 4.39 Å². The van der Waals surface area contributed by atoms with Crippen LogP contribution in [0.25, 0.3) is 0 Å². The van der Waals surface area contributed by atoms with Crippen LogP contribution in [0.15, 0.2) is 12.1 Å². The number of halogens is 3. The molecule has 0 spiro atoms. The summed E-state index contributed by atoms with van der Waals surface area (Å²) < 4.78 is 33.1. The molecule has 1 nitrogen and oxygen atoms in total. The fraction of sp³-hybridized carbons (Fsp3) is 0.571. The Morgan fingerprint density at radius 3 is 2.50 bits per heavy atom. The third-order valence-corrected chi connectivity index (χ3v) is 4.74. The second-order valence-electron chi connectivity index (χ2n) is 4.94. The number of hydrogen-bond donors (Lipinski definition) is 0. The number of rotatable bonds is 3. The van der Waals surface area contributed by atoms with Crippen LogP contribution >= 0.6 is 22.6 Å². The van der Waals surface area contributed by atoms with Gasteiger partial charge in [0.25, 0.3) is 0 Å². The summed E-state index contributed by atoms with van der Waals surface area (Å²) in [6.45, 7) is 2.03. The summed E-state index contributed by atoms with van der Waals surface area (Å²) in [6, 6.07) is 3.06. The molecule has 0 radical (unpaired) electrons. The minimum atomic E-state index is -0.863. The molecule has 18 heavy (non-hydrogen) atoms. The molecule has 0 amide bonds. The van der Waals surface area contributed by atoms with Crippen molar-refractivity contribution in [2.24, 2.45) is 5.92 Å². The Kier molecular flexibility index (Phi) is 4.81. The molecule has 0 bridgehead atoms. The van der Waals surface area contributed by atoms with Crippen LogP contribution in [-0.4, -0.2) is 10.5 Å². The first-order valence-corrected chi connectivity index (χ1v) is 7.54. The van der Waals surface area contributed by atoms with Crippen LogP contribution in [0.3, 0.4) is 0 Å². The number of benzene rings is 1. The Labute approximate surface area is 120 Å². The number of alkyl halides is 1. The molecule has 1 aliphatic rings. The smallest absolute Gasteiger partial charge is 0.200 e. The second kappa shape index (κ2) is 6.17. The number of ether oxygens (including phenoxy) is 1. The standard InChI is InChI=1S/C14H17F2IO/c1-9-2-7-12(14(16)13(9)15)18-8-10-3-5-11(17)6-4-10/h2,7,10-11H,3-6,8H2,1H3. The van der Waals surface area contributed by atoms with Crippen LogP contribution < -0.4 is 4.74 Å². The molecule has 1 aromatic rings. The summed E-state index contributed by atoms with van der Waals surface area (Å²) >= 11 is 2.47. The van der Waals surface area contributed by atoms with Crippen molar-refractivity contribution in [1.29, 1.82) is 0 Å². The Morgan fingerprint density at radius 1 is 1.17 bits per heavy atom. The summed E-state index contributed by atoms with van der Waals surface area (Å²) in [4.78, 5) is 0. The Hall–Kier alpha value is -0.390. The van der Waals surface area contributed by atoms with Gasteiger partial charge in [0.1, 0.15) is 0 Å². The normalized spacial score (nSPS) is 24.0. The van der Waals surface area contributed by atoms with E-state index in [1.165, 1.54) is 18.9 Å². The van der Waals surface area contributed by atoms with E-state index in [-0.39, 0.29) is 5.75 Å². The summed E-state index contributed by atoms with van der Waals surface area (Å²) in [5, 5.41) is 0. The van der Waals surface area contributed by atoms with Gasteiger partial charge < -0.3 is 4.74 Å². The summed E-state index contributed by atoms with van der Waals surface area (Å²) in [5.41, 5.74) is 0.310. The average molecular weight is 366 g/mol. The van der Waals surface area contributed by atoms with Gasteiger partial charge in [0.05, 0.1) is 6.61 Å². The van der Waals surface area contributed by atoms with E-state index in [0.29, 0.717) is 18.1 Å². The zero-order valence-electron chi connectivity index (χ0n) is 10.4. The minimum Gasteiger partial charge on any atom is -0.490 e. The first kappa shape index (κ1) is 14.0. The molecule has 1 fully saturated rings. The molecule has 0 saturated heterocycles. The van der Waals surface area contributed by atoms with Gasteiger partial charge in [0.15, 0.2) is 11.6 Å². The number of aryl methyl sites for hydroxylation is 1. The van der Waals surface area contributed by atoms with Crippen molar-refractivity contribution in [3.63, 3.8) is 0 Å². The summed E-state index contributed by atoms with van der Waals surface area (Å²) in [5.74, 6) is -1.16. The van der Waals surface area contributed by atoms with E-state index in [1.807, 2.05) is 0 Å². The first-order valence-electron chi connectivity index (χ1n) is 6.29. The zero-order chi connectivity index (χ0) is 13.1. The van der Waals surface area contributed by atoms with Gasteiger partial charge in [-0.1, -0.05) is 28.7 Å². The highest BCUT2D eigenvalue weighted by molar-refractivity contribution is 14.1. The predicted octanol–water partition coefficient (Wildman–Crippen LogP) is 4.65. The molecule has 0 N–H and O–H groups in total. The maximum absolute atomic E-state index is 13.6.